The molecule has 0 saturated heterocycles. The fourth-order valence-electron chi connectivity index (χ4n) is 7.47. The first-order valence-electron chi connectivity index (χ1n) is 17.5. The number of fused-ring (bicyclic) bond motifs is 2. The summed E-state index contributed by atoms with van der Waals surface area (Å²) in [6.07, 6.45) is 0. The van der Waals surface area contributed by atoms with Crippen LogP contribution in [0.5, 0.6) is 0 Å². The Kier molecular flexibility index (Phi) is 7.92. The fraction of sp³-hybridized carbons (Fsp3) is 0. The molecule has 0 heterocycles. The second-order valence-corrected chi connectivity index (χ2v) is 12.9. The first-order chi connectivity index (χ1) is 25.3. The molecule has 0 fully saturated rings. The van der Waals surface area contributed by atoms with Gasteiger partial charge in [0.15, 0.2) is 0 Å². The van der Waals surface area contributed by atoms with Gasteiger partial charge in [-0.15, -0.1) is 0 Å². The van der Waals surface area contributed by atoms with E-state index in [1.54, 1.807) is 0 Å². The van der Waals surface area contributed by atoms with Crippen molar-refractivity contribution in [2.45, 2.75) is 0 Å². The predicted octanol–water partition coefficient (Wildman–Crippen LogP) is 14.1. The molecule has 0 bridgehead atoms. The Morgan fingerprint density at radius 3 is 1.47 bits per heavy atom. The maximum Gasteiger partial charge on any atom is 0.0540 e. The maximum atomic E-state index is 2.43. The summed E-state index contributed by atoms with van der Waals surface area (Å²) in [6, 6.07) is 76.6. The molecule has 0 amide bonds. The lowest BCUT2D eigenvalue weighted by Gasteiger charge is -2.28. The molecule has 9 rings (SSSR count). The molecule has 240 valence electrons. The molecule has 9 aromatic carbocycles. The second-order valence-electron chi connectivity index (χ2n) is 12.9. The van der Waals surface area contributed by atoms with Crippen LogP contribution in [0.2, 0.25) is 0 Å². The third-order valence-corrected chi connectivity index (χ3v) is 9.86. The summed E-state index contributed by atoms with van der Waals surface area (Å²) in [5, 5.41) is 4.93. The van der Waals surface area contributed by atoms with Crippen molar-refractivity contribution in [3.8, 4) is 44.5 Å². The van der Waals surface area contributed by atoms with Crippen LogP contribution < -0.4 is 4.90 Å². The van der Waals surface area contributed by atoms with Crippen LogP contribution >= 0.6 is 0 Å². The van der Waals surface area contributed by atoms with E-state index in [1.165, 1.54) is 66.1 Å². The Morgan fingerprint density at radius 1 is 0.255 bits per heavy atom. The van der Waals surface area contributed by atoms with E-state index in [0.717, 1.165) is 17.1 Å². The Balaban J connectivity index is 1.26. The first-order valence-corrected chi connectivity index (χ1v) is 17.5. The Hall–Kier alpha value is -6.70. The molecule has 0 aliphatic rings. The molecule has 0 atom stereocenters. The lowest BCUT2D eigenvalue weighted by atomic mass is 9.92. The predicted molar refractivity (Wildman–Crippen MR) is 218 cm³/mol. The monoisotopic (exact) mass is 649 g/mol. The van der Waals surface area contributed by atoms with Gasteiger partial charge in [-0.05, 0) is 91.0 Å². The Labute approximate surface area is 299 Å². The third-order valence-electron chi connectivity index (χ3n) is 9.86. The molecule has 0 aromatic heterocycles. The zero-order chi connectivity index (χ0) is 34.0. The highest BCUT2D eigenvalue weighted by molar-refractivity contribution is 6.10. The van der Waals surface area contributed by atoms with Gasteiger partial charge in [0.1, 0.15) is 0 Å². The summed E-state index contributed by atoms with van der Waals surface area (Å²) in [4.78, 5) is 2.43. The van der Waals surface area contributed by atoms with E-state index in [2.05, 4.69) is 217 Å². The number of hydrogen-bond acceptors (Lipinski definition) is 1. The van der Waals surface area contributed by atoms with Gasteiger partial charge in [-0.25, -0.2) is 0 Å². The van der Waals surface area contributed by atoms with Crippen LogP contribution in [0.15, 0.2) is 212 Å². The van der Waals surface area contributed by atoms with Crippen LogP contribution in [-0.2, 0) is 0 Å². The normalized spacial score (nSPS) is 11.1. The van der Waals surface area contributed by atoms with Gasteiger partial charge < -0.3 is 4.90 Å². The fourth-order valence-corrected chi connectivity index (χ4v) is 7.47. The second kappa shape index (κ2) is 13.3. The van der Waals surface area contributed by atoms with Crippen molar-refractivity contribution in [3.63, 3.8) is 0 Å². The van der Waals surface area contributed by atoms with Crippen LogP contribution in [-0.4, -0.2) is 0 Å². The molecule has 0 radical (unpaired) electrons. The average molecular weight is 650 g/mol. The molecule has 0 spiro atoms. The summed E-state index contributed by atoms with van der Waals surface area (Å²) in [5.41, 5.74) is 13.0. The van der Waals surface area contributed by atoms with Crippen LogP contribution in [0.3, 0.4) is 0 Å². The zero-order valence-corrected chi connectivity index (χ0v) is 28.2. The molecule has 0 N–H and O–H groups in total. The van der Waals surface area contributed by atoms with E-state index in [0.29, 0.717) is 0 Å². The minimum absolute atomic E-state index is 1.10. The van der Waals surface area contributed by atoms with E-state index >= 15 is 0 Å². The van der Waals surface area contributed by atoms with Gasteiger partial charge >= 0.3 is 0 Å². The van der Waals surface area contributed by atoms with Crippen LogP contribution in [0.1, 0.15) is 0 Å². The zero-order valence-electron chi connectivity index (χ0n) is 28.2. The van der Waals surface area contributed by atoms with Crippen molar-refractivity contribution in [3.05, 3.63) is 212 Å². The van der Waals surface area contributed by atoms with Gasteiger partial charge in [-0.3, -0.25) is 0 Å². The minimum atomic E-state index is 1.10. The molecule has 0 unspecified atom stereocenters. The molecule has 1 heteroatoms. The summed E-state index contributed by atoms with van der Waals surface area (Å²) >= 11 is 0. The molecule has 0 aliphatic heterocycles. The summed E-state index contributed by atoms with van der Waals surface area (Å²) in [5.74, 6) is 0. The van der Waals surface area contributed by atoms with Gasteiger partial charge in [0.2, 0.25) is 0 Å². The smallest absolute Gasteiger partial charge is 0.0540 e. The van der Waals surface area contributed by atoms with Crippen molar-refractivity contribution < 1.29 is 0 Å². The maximum absolute atomic E-state index is 2.43. The SMILES string of the molecule is c1ccc(-c2cccc(N(c3cccc(-c4ccccc4-c4ccccc4)c3)c3ccc(-c4cccc5ccccc45)c4ccccc34)c2)cc1. The van der Waals surface area contributed by atoms with Gasteiger partial charge in [-0.2, -0.15) is 0 Å². The van der Waals surface area contributed by atoms with Crippen LogP contribution in [0.4, 0.5) is 17.1 Å². The van der Waals surface area contributed by atoms with E-state index in [4.69, 9.17) is 0 Å². The van der Waals surface area contributed by atoms with E-state index in [1.807, 2.05) is 0 Å². The average Bonchev–Trinajstić information content (AvgIpc) is 3.22. The summed E-state index contributed by atoms with van der Waals surface area (Å²) < 4.78 is 0. The van der Waals surface area contributed by atoms with Crippen molar-refractivity contribution in [2.24, 2.45) is 0 Å². The van der Waals surface area contributed by atoms with E-state index < -0.39 is 0 Å². The Bertz CT molecular complexity index is 2630. The first kappa shape index (κ1) is 30.4. The summed E-state index contributed by atoms with van der Waals surface area (Å²) in [6.45, 7) is 0. The van der Waals surface area contributed by atoms with Crippen molar-refractivity contribution in [1.29, 1.82) is 0 Å². The Morgan fingerprint density at radius 2 is 0.725 bits per heavy atom. The third kappa shape index (κ3) is 5.75. The topological polar surface area (TPSA) is 3.24 Å². The molecule has 0 aliphatic carbocycles. The largest absolute Gasteiger partial charge is 0.310 e. The standard InChI is InChI=1S/C50H35N/c1-3-16-36(17-4-1)39-22-13-24-41(34-39)51(42-25-14-23-40(35-42)45-28-10-9-26-43(45)37-18-5-2-6-19-37)50-33-32-48(47-29-11-12-30-49(47)50)46-31-15-21-38-20-7-8-27-44(38)46/h1-35H. The highest BCUT2D eigenvalue weighted by Crippen LogP contribution is 2.45. The van der Waals surface area contributed by atoms with Gasteiger partial charge in [0, 0.05) is 16.8 Å². The summed E-state index contributed by atoms with van der Waals surface area (Å²) in [7, 11) is 0. The van der Waals surface area contributed by atoms with Crippen molar-refractivity contribution in [1.82, 2.24) is 0 Å². The minimum Gasteiger partial charge on any atom is -0.310 e. The lowest BCUT2D eigenvalue weighted by molar-refractivity contribution is 1.30. The molecular weight excluding hydrogens is 615 g/mol. The van der Waals surface area contributed by atoms with Gasteiger partial charge in [0.05, 0.1) is 5.69 Å². The molecule has 0 saturated carbocycles. The lowest BCUT2D eigenvalue weighted by Crippen LogP contribution is -2.11. The number of benzene rings is 9. The van der Waals surface area contributed by atoms with Crippen LogP contribution in [0, 0.1) is 0 Å². The molecular formula is C50H35N. The molecule has 1 nitrogen and oxygen atoms in total. The van der Waals surface area contributed by atoms with Gasteiger partial charge in [0.25, 0.3) is 0 Å². The van der Waals surface area contributed by atoms with E-state index in [-0.39, 0.29) is 0 Å². The number of hydrogen-bond donors (Lipinski definition) is 0. The quantitative estimate of drug-likeness (QED) is 0.166. The highest BCUT2D eigenvalue weighted by Gasteiger charge is 2.19. The molecule has 51 heavy (non-hydrogen) atoms. The van der Waals surface area contributed by atoms with Crippen molar-refractivity contribution >= 4 is 38.6 Å². The number of nitrogens with zero attached hydrogens (tertiary/aromatic N) is 1. The van der Waals surface area contributed by atoms with Gasteiger partial charge in [-0.1, -0.05) is 182 Å². The molecule has 9 aromatic rings. The van der Waals surface area contributed by atoms with Crippen molar-refractivity contribution in [2.75, 3.05) is 4.90 Å². The van der Waals surface area contributed by atoms with E-state index in [9.17, 15) is 0 Å². The highest BCUT2D eigenvalue weighted by atomic mass is 15.1. The van der Waals surface area contributed by atoms with Crippen LogP contribution in [0.25, 0.3) is 66.1 Å². The number of anilines is 3. The number of rotatable bonds is 7.